The van der Waals surface area contributed by atoms with Gasteiger partial charge in [-0.3, -0.25) is 9.78 Å². The van der Waals surface area contributed by atoms with Gasteiger partial charge in [0.05, 0.1) is 17.6 Å². The molecule has 0 N–H and O–H groups in total. The van der Waals surface area contributed by atoms with Crippen molar-refractivity contribution in [2.24, 2.45) is 0 Å². The van der Waals surface area contributed by atoms with Crippen molar-refractivity contribution < 1.29 is 9.18 Å². The van der Waals surface area contributed by atoms with Crippen LogP contribution in [0.2, 0.25) is 0 Å². The maximum absolute atomic E-state index is 14.6. The maximum atomic E-state index is 14.6. The number of benzene rings is 1. The molecule has 3 heterocycles. The Morgan fingerprint density at radius 3 is 2.61 bits per heavy atom. The fourth-order valence-electron chi connectivity index (χ4n) is 3.85. The molecule has 1 atom stereocenters. The van der Waals surface area contributed by atoms with Crippen molar-refractivity contribution >= 4 is 11.9 Å². The second kappa shape index (κ2) is 8.75. The van der Waals surface area contributed by atoms with Gasteiger partial charge in [0.1, 0.15) is 11.5 Å². The van der Waals surface area contributed by atoms with Gasteiger partial charge in [-0.25, -0.2) is 19.3 Å². The van der Waals surface area contributed by atoms with E-state index in [1.165, 1.54) is 12.3 Å². The molecule has 0 unspecified atom stereocenters. The lowest BCUT2D eigenvalue weighted by Crippen LogP contribution is -2.40. The quantitative estimate of drug-likeness (QED) is 0.643. The fourth-order valence-corrected chi connectivity index (χ4v) is 3.85. The van der Waals surface area contributed by atoms with Crippen LogP contribution in [0, 0.1) is 12.7 Å². The molecule has 160 valence electrons. The van der Waals surface area contributed by atoms with Crippen molar-refractivity contribution in [1.82, 2.24) is 24.8 Å². The van der Waals surface area contributed by atoms with Crippen molar-refractivity contribution in [3.8, 4) is 11.1 Å². The van der Waals surface area contributed by atoms with Crippen molar-refractivity contribution in [2.75, 3.05) is 32.1 Å². The highest BCUT2D eigenvalue weighted by Crippen LogP contribution is 2.35. The number of aryl methyl sites for hydroxylation is 1. The minimum atomic E-state index is -0.316. The van der Waals surface area contributed by atoms with Gasteiger partial charge in [-0.05, 0) is 25.8 Å². The van der Waals surface area contributed by atoms with Gasteiger partial charge < -0.3 is 9.80 Å². The van der Waals surface area contributed by atoms with Crippen molar-refractivity contribution in [3.05, 3.63) is 65.8 Å². The lowest BCUT2D eigenvalue weighted by atomic mass is 9.89. The van der Waals surface area contributed by atoms with E-state index in [-0.39, 0.29) is 17.6 Å². The van der Waals surface area contributed by atoms with Crippen LogP contribution in [-0.4, -0.2) is 57.9 Å². The van der Waals surface area contributed by atoms with Crippen LogP contribution >= 0.6 is 0 Å². The minimum Gasteiger partial charge on any atom is -0.347 e. The first-order valence-electron chi connectivity index (χ1n) is 10.3. The Morgan fingerprint density at radius 2 is 1.90 bits per heavy atom. The van der Waals surface area contributed by atoms with E-state index >= 15 is 0 Å². The highest BCUT2D eigenvalue weighted by atomic mass is 19.1. The van der Waals surface area contributed by atoms with Crippen LogP contribution in [0.15, 0.2) is 42.9 Å². The van der Waals surface area contributed by atoms with Crippen LogP contribution in [-0.2, 0) is 0 Å². The number of aromatic nitrogens is 4. The molecule has 0 spiro atoms. The first-order chi connectivity index (χ1) is 14.9. The smallest absolute Gasteiger partial charge is 0.274 e. The summed E-state index contributed by atoms with van der Waals surface area (Å²) in [5, 5.41) is 0. The molecule has 0 radical (unpaired) electrons. The van der Waals surface area contributed by atoms with Crippen LogP contribution in [0.3, 0.4) is 0 Å². The third kappa shape index (κ3) is 4.38. The van der Waals surface area contributed by atoms with Crippen LogP contribution in [0.5, 0.6) is 0 Å². The van der Waals surface area contributed by atoms with Gasteiger partial charge >= 0.3 is 0 Å². The first-order valence-corrected chi connectivity index (χ1v) is 10.3. The molecule has 8 heteroatoms. The van der Waals surface area contributed by atoms with E-state index < -0.39 is 0 Å². The van der Waals surface area contributed by atoms with Gasteiger partial charge in [-0.2, -0.15) is 0 Å². The lowest BCUT2D eigenvalue weighted by molar-refractivity contribution is 0.0699. The van der Waals surface area contributed by atoms with E-state index in [9.17, 15) is 9.18 Å². The van der Waals surface area contributed by atoms with E-state index in [0.29, 0.717) is 35.9 Å². The lowest BCUT2D eigenvalue weighted by Gasteiger charge is -2.33. The summed E-state index contributed by atoms with van der Waals surface area (Å²) in [7, 11) is 3.74. The summed E-state index contributed by atoms with van der Waals surface area (Å²) in [6, 6.07) is 6.64. The van der Waals surface area contributed by atoms with Gasteiger partial charge in [0.15, 0.2) is 0 Å². The third-order valence-corrected chi connectivity index (χ3v) is 5.46. The fraction of sp³-hybridized carbons (Fsp3) is 0.348. The van der Waals surface area contributed by atoms with Crippen LogP contribution in [0.4, 0.5) is 10.3 Å². The number of hydrogen-bond acceptors (Lipinski definition) is 6. The molecule has 1 fully saturated rings. The molecule has 1 saturated heterocycles. The van der Waals surface area contributed by atoms with Gasteiger partial charge in [0.25, 0.3) is 5.91 Å². The zero-order valence-electron chi connectivity index (χ0n) is 17.9. The Kier molecular flexibility index (Phi) is 5.88. The average molecular weight is 420 g/mol. The Bertz CT molecular complexity index is 1090. The number of amides is 1. The Hall–Kier alpha value is -3.42. The van der Waals surface area contributed by atoms with Gasteiger partial charge in [-0.15, -0.1) is 0 Å². The average Bonchev–Trinajstić information content (AvgIpc) is 2.79. The minimum absolute atomic E-state index is 0.0348. The van der Waals surface area contributed by atoms with Gasteiger partial charge in [0, 0.05) is 56.6 Å². The SMILES string of the molecule is Cc1cnc(C(=O)N2CCC[C@H](c3nc(N(C)C)ncc3-c3ccccc3F)C2)cn1. The molecule has 0 aliphatic carbocycles. The molecule has 2 aromatic heterocycles. The van der Waals surface area contributed by atoms with E-state index in [1.807, 2.05) is 25.9 Å². The molecule has 7 nitrogen and oxygen atoms in total. The molecule has 1 aliphatic rings. The molecule has 1 aliphatic heterocycles. The number of halogens is 1. The monoisotopic (exact) mass is 420 g/mol. The summed E-state index contributed by atoms with van der Waals surface area (Å²) in [4.78, 5) is 34.2. The number of piperidine rings is 1. The van der Waals surface area contributed by atoms with E-state index in [0.717, 1.165) is 24.2 Å². The van der Waals surface area contributed by atoms with Crippen LogP contribution in [0.1, 0.15) is 40.6 Å². The number of likely N-dealkylation sites (tertiary alicyclic amines) is 1. The normalized spacial score (nSPS) is 16.3. The second-order valence-corrected chi connectivity index (χ2v) is 7.98. The summed E-state index contributed by atoms with van der Waals surface area (Å²) < 4.78 is 14.6. The number of nitrogens with zero attached hydrogens (tertiary/aromatic N) is 6. The summed E-state index contributed by atoms with van der Waals surface area (Å²) in [6.07, 6.45) is 6.48. The van der Waals surface area contributed by atoms with Gasteiger partial charge in [0.2, 0.25) is 5.95 Å². The van der Waals surface area contributed by atoms with E-state index in [1.54, 1.807) is 35.5 Å². The summed E-state index contributed by atoms with van der Waals surface area (Å²) in [6.45, 7) is 2.96. The predicted octanol–water partition coefficient (Wildman–Crippen LogP) is 3.47. The Balaban J connectivity index is 1.69. The van der Waals surface area contributed by atoms with Crippen molar-refractivity contribution in [3.63, 3.8) is 0 Å². The molecular formula is C23H25FN6O. The largest absolute Gasteiger partial charge is 0.347 e. The molecule has 1 aromatic carbocycles. The highest BCUT2D eigenvalue weighted by molar-refractivity contribution is 5.92. The third-order valence-electron chi connectivity index (χ3n) is 5.46. The Morgan fingerprint density at radius 1 is 1.10 bits per heavy atom. The van der Waals surface area contributed by atoms with Gasteiger partial charge in [-0.1, -0.05) is 18.2 Å². The first kappa shape index (κ1) is 20.8. The maximum Gasteiger partial charge on any atom is 0.274 e. The molecule has 0 bridgehead atoms. The Labute approximate surface area is 181 Å². The second-order valence-electron chi connectivity index (χ2n) is 7.98. The van der Waals surface area contributed by atoms with Crippen molar-refractivity contribution in [1.29, 1.82) is 0 Å². The van der Waals surface area contributed by atoms with Crippen LogP contribution in [0.25, 0.3) is 11.1 Å². The standard InChI is InChI=1S/C23H25FN6O/c1-15-11-26-20(13-25-15)22(31)30-10-6-7-16(14-30)21-18(12-27-23(28-21)29(2)3)17-8-4-5-9-19(17)24/h4-5,8-9,11-13,16H,6-7,10,14H2,1-3H3/t16-/m0/s1. The number of carbonyl (C=O) groups excluding carboxylic acids is 1. The highest BCUT2D eigenvalue weighted by Gasteiger charge is 2.30. The number of anilines is 1. The van der Waals surface area contributed by atoms with E-state index in [4.69, 9.17) is 4.98 Å². The number of rotatable bonds is 4. The molecular weight excluding hydrogens is 395 g/mol. The number of carbonyl (C=O) groups is 1. The van der Waals surface area contributed by atoms with Crippen molar-refractivity contribution in [2.45, 2.75) is 25.7 Å². The summed E-state index contributed by atoms with van der Waals surface area (Å²) in [5.74, 6) is 0.0607. The zero-order chi connectivity index (χ0) is 22.0. The molecule has 0 saturated carbocycles. The van der Waals surface area contributed by atoms with Crippen LogP contribution < -0.4 is 4.90 Å². The summed E-state index contributed by atoms with van der Waals surface area (Å²) >= 11 is 0. The topological polar surface area (TPSA) is 75.1 Å². The molecule has 3 aromatic rings. The number of hydrogen-bond donors (Lipinski definition) is 0. The molecule has 4 rings (SSSR count). The predicted molar refractivity (Wildman–Crippen MR) is 116 cm³/mol. The molecule has 1 amide bonds. The van der Waals surface area contributed by atoms with E-state index in [2.05, 4.69) is 15.0 Å². The summed E-state index contributed by atoms with van der Waals surface area (Å²) in [5.41, 5.74) is 2.99. The zero-order valence-corrected chi connectivity index (χ0v) is 17.9. The molecule has 31 heavy (non-hydrogen) atoms.